The first kappa shape index (κ1) is 15.3. The van der Waals surface area contributed by atoms with Gasteiger partial charge in [0.1, 0.15) is 0 Å². The number of aromatic amines is 2. The molecule has 0 aliphatic heterocycles. The molecule has 9 heteroatoms. The average Bonchev–Trinajstić information content (AvgIpc) is 2.76. The van der Waals surface area contributed by atoms with Crippen LogP contribution in [0.25, 0.3) is 11.0 Å². The molecule has 2 aromatic rings. The summed E-state index contributed by atoms with van der Waals surface area (Å²) in [6.45, 7) is 1.70. The Morgan fingerprint density at radius 2 is 2.00 bits per heavy atom. The van der Waals surface area contributed by atoms with E-state index in [1.807, 2.05) is 0 Å². The number of H-pyrrole nitrogens is 2. The Morgan fingerprint density at radius 1 is 1.33 bits per heavy atom. The molecule has 0 amide bonds. The smallest absolute Gasteiger partial charge is 0.323 e. The third-order valence-electron chi connectivity index (χ3n) is 3.03. The summed E-state index contributed by atoms with van der Waals surface area (Å²) in [6, 6.07) is 3.46. The number of nitrogens with one attached hydrogen (secondary N) is 3. The molecule has 0 aliphatic rings. The minimum Gasteiger partial charge on any atom is -0.481 e. The highest BCUT2D eigenvalue weighted by Crippen LogP contribution is 2.16. The largest absolute Gasteiger partial charge is 0.481 e. The van der Waals surface area contributed by atoms with Crippen molar-refractivity contribution in [1.29, 1.82) is 0 Å². The van der Waals surface area contributed by atoms with E-state index >= 15 is 0 Å². The summed E-state index contributed by atoms with van der Waals surface area (Å²) >= 11 is 0. The molecule has 1 aromatic heterocycles. The predicted molar refractivity (Wildman–Crippen MR) is 75.6 cm³/mol. The van der Waals surface area contributed by atoms with E-state index in [4.69, 9.17) is 5.11 Å². The van der Waals surface area contributed by atoms with E-state index in [2.05, 4.69) is 14.7 Å². The molecule has 0 aliphatic carbocycles. The SMILES string of the molecule is CCC(CC(=O)O)NS(=O)(=O)c1ccc2[nH]c(=O)[nH]c2c1. The number of imidazole rings is 1. The molecule has 8 nitrogen and oxygen atoms in total. The zero-order valence-electron chi connectivity index (χ0n) is 11.2. The number of carboxylic acids is 1. The van der Waals surface area contributed by atoms with Gasteiger partial charge in [0, 0.05) is 6.04 Å². The van der Waals surface area contributed by atoms with E-state index < -0.39 is 27.7 Å². The molecule has 0 spiro atoms. The molecular formula is C12H15N3O5S. The minimum atomic E-state index is -3.85. The van der Waals surface area contributed by atoms with Crippen LogP contribution in [0.4, 0.5) is 0 Å². The fourth-order valence-corrected chi connectivity index (χ4v) is 3.29. The molecule has 4 N–H and O–H groups in total. The van der Waals surface area contributed by atoms with E-state index in [0.29, 0.717) is 17.5 Å². The lowest BCUT2D eigenvalue weighted by atomic mass is 10.2. The van der Waals surface area contributed by atoms with Crippen LogP contribution in [0.1, 0.15) is 19.8 Å². The summed E-state index contributed by atoms with van der Waals surface area (Å²) in [5.74, 6) is -1.07. The number of fused-ring (bicyclic) bond motifs is 1. The molecule has 1 atom stereocenters. The Labute approximate surface area is 120 Å². The lowest BCUT2D eigenvalue weighted by molar-refractivity contribution is -0.137. The molecule has 0 fully saturated rings. The Hall–Kier alpha value is -2.13. The Bertz CT molecular complexity index is 821. The number of carbonyl (C=O) groups is 1. The van der Waals surface area contributed by atoms with Crippen LogP contribution < -0.4 is 10.4 Å². The molecule has 2 rings (SSSR count). The molecule has 0 saturated carbocycles. The number of hydrogen-bond acceptors (Lipinski definition) is 4. The van der Waals surface area contributed by atoms with Crippen LogP contribution in [-0.4, -0.2) is 35.5 Å². The quantitative estimate of drug-likeness (QED) is 0.612. The zero-order chi connectivity index (χ0) is 15.6. The second-order valence-corrected chi connectivity index (χ2v) is 6.32. The van der Waals surface area contributed by atoms with E-state index in [-0.39, 0.29) is 11.3 Å². The first-order valence-corrected chi connectivity index (χ1v) is 7.76. The van der Waals surface area contributed by atoms with Gasteiger partial charge in [-0.25, -0.2) is 17.9 Å². The van der Waals surface area contributed by atoms with Crippen molar-refractivity contribution >= 4 is 27.0 Å². The number of benzene rings is 1. The minimum absolute atomic E-state index is 0.0333. The molecule has 0 saturated heterocycles. The van der Waals surface area contributed by atoms with Gasteiger partial charge >= 0.3 is 11.7 Å². The van der Waals surface area contributed by atoms with Crippen LogP contribution in [0.2, 0.25) is 0 Å². The first-order valence-electron chi connectivity index (χ1n) is 6.28. The van der Waals surface area contributed by atoms with Gasteiger partial charge in [-0.1, -0.05) is 6.92 Å². The maximum atomic E-state index is 12.2. The van der Waals surface area contributed by atoms with Crippen LogP contribution >= 0.6 is 0 Å². The monoisotopic (exact) mass is 313 g/mol. The topological polar surface area (TPSA) is 132 Å². The third-order valence-corrected chi connectivity index (χ3v) is 4.55. The van der Waals surface area contributed by atoms with Crippen LogP contribution in [-0.2, 0) is 14.8 Å². The lowest BCUT2D eigenvalue weighted by Crippen LogP contribution is -2.36. The number of hydrogen-bond donors (Lipinski definition) is 4. The van der Waals surface area contributed by atoms with Crippen molar-refractivity contribution in [2.24, 2.45) is 0 Å². The van der Waals surface area contributed by atoms with Crippen LogP contribution in [0.5, 0.6) is 0 Å². The highest BCUT2D eigenvalue weighted by molar-refractivity contribution is 7.89. The standard InChI is InChI=1S/C12H15N3O5S/c1-2-7(5-11(16)17)15-21(19,20)8-3-4-9-10(6-8)14-12(18)13-9/h3-4,6-7,15H,2,5H2,1H3,(H,16,17)(H2,13,14,18). The number of aliphatic carboxylic acids is 1. The van der Waals surface area contributed by atoms with E-state index in [9.17, 15) is 18.0 Å². The highest BCUT2D eigenvalue weighted by atomic mass is 32.2. The van der Waals surface area contributed by atoms with Crippen molar-refractivity contribution in [2.45, 2.75) is 30.7 Å². The number of rotatable bonds is 6. The predicted octanol–water partition coefficient (Wildman–Crippen LogP) is 0.388. The zero-order valence-corrected chi connectivity index (χ0v) is 12.0. The van der Waals surface area contributed by atoms with Gasteiger partial charge in [0.25, 0.3) is 0 Å². The van der Waals surface area contributed by atoms with E-state index in [1.54, 1.807) is 6.92 Å². The highest BCUT2D eigenvalue weighted by Gasteiger charge is 2.21. The van der Waals surface area contributed by atoms with Crippen LogP contribution in [0, 0.1) is 0 Å². The van der Waals surface area contributed by atoms with Crippen LogP contribution in [0.15, 0.2) is 27.9 Å². The molecule has 21 heavy (non-hydrogen) atoms. The van der Waals surface area contributed by atoms with Gasteiger partial charge in [-0.05, 0) is 24.6 Å². The molecule has 0 radical (unpaired) electrons. The molecule has 1 aromatic carbocycles. The van der Waals surface area contributed by atoms with Crippen LogP contribution in [0.3, 0.4) is 0 Å². The number of carboxylic acid groups (broad SMARTS) is 1. The van der Waals surface area contributed by atoms with Gasteiger partial charge < -0.3 is 15.1 Å². The molecule has 114 valence electrons. The van der Waals surface area contributed by atoms with Gasteiger partial charge in [-0.2, -0.15) is 0 Å². The first-order chi connectivity index (χ1) is 9.81. The van der Waals surface area contributed by atoms with Gasteiger partial charge in [0.15, 0.2) is 0 Å². The summed E-state index contributed by atoms with van der Waals surface area (Å²) in [4.78, 5) is 26.8. The normalized spacial score (nSPS) is 13.4. The summed E-state index contributed by atoms with van der Waals surface area (Å²) in [7, 11) is -3.85. The third kappa shape index (κ3) is 3.50. The number of aromatic nitrogens is 2. The summed E-state index contributed by atoms with van der Waals surface area (Å²) < 4.78 is 26.8. The van der Waals surface area contributed by atoms with Crippen molar-refractivity contribution in [2.75, 3.05) is 0 Å². The van der Waals surface area contributed by atoms with Crippen molar-refractivity contribution in [3.63, 3.8) is 0 Å². The average molecular weight is 313 g/mol. The molecule has 1 heterocycles. The maximum absolute atomic E-state index is 12.2. The molecule has 1 unspecified atom stereocenters. The van der Waals surface area contributed by atoms with E-state index in [0.717, 1.165) is 0 Å². The Morgan fingerprint density at radius 3 is 2.62 bits per heavy atom. The van der Waals surface area contributed by atoms with Gasteiger partial charge in [0.05, 0.1) is 22.3 Å². The summed E-state index contributed by atoms with van der Waals surface area (Å²) in [5, 5.41) is 8.75. The van der Waals surface area contributed by atoms with Gasteiger partial charge in [0.2, 0.25) is 10.0 Å². The van der Waals surface area contributed by atoms with E-state index in [1.165, 1.54) is 18.2 Å². The number of sulfonamides is 1. The van der Waals surface area contributed by atoms with Crippen molar-refractivity contribution in [3.8, 4) is 0 Å². The summed E-state index contributed by atoms with van der Waals surface area (Å²) in [5.41, 5.74) is 0.440. The van der Waals surface area contributed by atoms with Crippen molar-refractivity contribution < 1.29 is 18.3 Å². The van der Waals surface area contributed by atoms with Gasteiger partial charge in [-0.15, -0.1) is 0 Å². The summed E-state index contributed by atoms with van der Waals surface area (Å²) in [6.07, 6.45) is 0.0632. The lowest BCUT2D eigenvalue weighted by Gasteiger charge is -2.15. The Kier molecular flexibility index (Phi) is 4.14. The second-order valence-electron chi connectivity index (χ2n) is 4.61. The fraction of sp³-hybridized carbons (Fsp3) is 0.333. The second kappa shape index (κ2) is 5.70. The molecular weight excluding hydrogens is 298 g/mol. The van der Waals surface area contributed by atoms with Crippen molar-refractivity contribution in [3.05, 3.63) is 28.7 Å². The fourth-order valence-electron chi connectivity index (χ4n) is 1.95. The Balaban J connectivity index is 2.31. The maximum Gasteiger partial charge on any atom is 0.323 e. The molecule has 0 bridgehead atoms. The van der Waals surface area contributed by atoms with Crippen molar-refractivity contribution in [1.82, 2.24) is 14.7 Å². The van der Waals surface area contributed by atoms with Gasteiger partial charge in [-0.3, -0.25) is 4.79 Å².